The summed E-state index contributed by atoms with van der Waals surface area (Å²) in [6, 6.07) is 0. The summed E-state index contributed by atoms with van der Waals surface area (Å²) >= 11 is 0. The van der Waals surface area contributed by atoms with Crippen molar-refractivity contribution < 1.29 is 19.8 Å². The van der Waals surface area contributed by atoms with Gasteiger partial charge in [0, 0.05) is 17.9 Å². The highest BCUT2D eigenvalue weighted by Gasteiger charge is 2.48. The largest absolute Gasteiger partial charge is 0.478 e. The normalized spacial score (nSPS) is 27.3. The molecule has 1 aliphatic carbocycles. The van der Waals surface area contributed by atoms with Crippen LogP contribution in [0.2, 0.25) is 0 Å². The summed E-state index contributed by atoms with van der Waals surface area (Å²) < 4.78 is 0. The molecule has 0 radical (unpaired) electrons. The SMILES string of the molecule is CC1=C(C)C(O)(/C=C/C(C)=C/C(=O)O)C(C)(C)CC1=O. The van der Waals surface area contributed by atoms with E-state index in [1.165, 1.54) is 0 Å². The third kappa shape index (κ3) is 2.90. The van der Waals surface area contributed by atoms with Crippen molar-refractivity contribution in [1.29, 1.82) is 0 Å². The van der Waals surface area contributed by atoms with E-state index in [1.54, 1.807) is 32.9 Å². The molecule has 0 heterocycles. The molecule has 4 nitrogen and oxygen atoms in total. The van der Waals surface area contributed by atoms with Gasteiger partial charge in [0.25, 0.3) is 0 Å². The molecule has 0 spiro atoms. The molecule has 1 atom stereocenters. The van der Waals surface area contributed by atoms with Gasteiger partial charge in [0.2, 0.25) is 0 Å². The third-order valence-electron chi connectivity index (χ3n) is 4.13. The van der Waals surface area contributed by atoms with Crippen molar-refractivity contribution >= 4 is 11.8 Å². The minimum atomic E-state index is -1.25. The van der Waals surface area contributed by atoms with Crippen molar-refractivity contribution in [1.82, 2.24) is 0 Å². The summed E-state index contributed by atoms with van der Waals surface area (Å²) in [5.41, 5.74) is -0.148. The van der Waals surface area contributed by atoms with Crippen LogP contribution in [0.4, 0.5) is 0 Å². The Morgan fingerprint density at radius 1 is 1.30 bits per heavy atom. The van der Waals surface area contributed by atoms with Gasteiger partial charge in [-0.25, -0.2) is 4.79 Å². The predicted octanol–water partition coefficient (Wildman–Crippen LogP) is 2.64. The third-order valence-corrected chi connectivity index (χ3v) is 4.13. The van der Waals surface area contributed by atoms with Gasteiger partial charge in [-0.1, -0.05) is 19.9 Å². The maximum atomic E-state index is 11.9. The van der Waals surface area contributed by atoms with Crippen LogP contribution in [-0.4, -0.2) is 27.6 Å². The molecule has 0 saturated carbocycles. The van der Waals surface area contributed by atoms with Crippen molar-refractivity contribution in [3.8, 4) is 0 Å². The van der Waals surface area contributed by atoms with Gasteiger partial charge in [-0.15, -0.1) is 0 Å². The number of allylic oxidation sites excluding steroid dienone is 3. The Bertz CT molecular complexity index is 535. The average Bonchev–Trinajstić information content (AvgIpc) is 2.30. The van der Waals surface area contributed by atoms with E-state index in [0.717, 1.165) is 6.08 Å². The highest BCUT2D eigenvalue weighted by Crippen LogP contribution is 2.46. The number of hydrogen-bond acceptors (Lipinski definition) is 3. The Hall–Kier alpha value is -1.68. The standard InChI is InChI=1S/C16H22O4/c1-10(8-14(18)19)6-7-16(20)12(3)11(2)13(17)9-15(16,4)5/h6-8,20H,9H2,1-5H3,(H,18,19)/b7-6+,10-8+. The lowest BCUT2D eigenvalue weighted by molar-refractivity contribution is -0.131. The number of rotatable bonds is 3. The van der Waals surface area contributed by atoms with Gasteiger partial charge >= 0.3 is 5.97 Å². The zero-order chi connectivity index (χ0) is 15.7. The predicted molar refractivity (Wildman–Crippen MR) is 77.3 cm³/mol. The summed E-state index contributed by atoms with van der Waals surface area (Å²) in [4.78, 5) is 22.5. The first-order valence-electron chi connectivity index (χ1n) is 6.55. The van der Waals surface area contributed by atoms with Crippen LogP contribution < -0.4 is 0 Å². The number of hydrogen-bond donors (Lipinski definition) is 2. The maximum Gasteiger partial charge on any atom is 0.328 e. The summed E-state index contributed by atoms with van der Waals surface area (Å²) in [5, 5.41) is 19.7. The Morgan fingerprint density at radius 2 is 1.85 bits per heavy atom. The molecule has 2 N–H and O–H groups in total. The Labute approximate surface area is 119 Å². The van der Waals surface area contributed by atoms with Gasteiger partial charge in [0.1, 0.15) is 5.60 Å². The average molecular weight is 278 g/mol. The second-order valence-corrected chi connectivity index (χ2v) is 6.06. The highest BCUT2D eigenvalue weighted by molar-refractivity contribution is 5.97. The van der Waals surface area contributed by atoms with Gasteiger partial charge in [-0.2, -0.15) is 0 Å². The fraction of sp³-hybridized carbons (Fsp3) is 0.500. The monoisotopic (exact) mass is 278 g/mol. The van der Waals surface area contributed by atoms with Crippen molar-refractivity contribution in [2.24, 2.45) is 5.41 Å². The number of carboxylic acid groups (broad SMARTS) is 1. The fourth-order valence-electron chi connectivity index (χ4n) is 2.52. The molecule has 0 aromatic carbocycles. The van der Waals surface area contributed by atoms with Crippen molar-refractivity contribution in [3.63, 3.8) is 0 Å². The number of carboxylic acids is 1. The molecule has 4 heteroatoms. The molecule has 0 aromatic rings. The van der Waals surface area contributed by atoms with E-state index in [4.69, 9.17) is 5.11 Å². The molecule has 0 fully saturated rings. The first kappa shape index (κ1) is 16.4. The number of ketones is 1. The van der Waals surface area contributed by atoms with E-state index in [9.17, 15) is 14.7 Å². The minimum Gasteiger partial charge on any atom is -0.478 e. The van der Waals surface area contributed by atoms with Crippen LogP contribution in [0.15, 0.2) is 34.9 Å². The first-order chi connectivity index (χ1) is 9.01. The van der Waals surface area contributed by atoms with Crippen molar-refractivity contribution in [3.05, 3.63) is 34.9 Å². The zero-order valence-electron chi connectivity index (χ0n) is 12.7. The van der Waals surface area contributed by atoms with Crippen LogP contribution in [-0.2, 0) is 9.59 Å². The lowest BCUT2D eigenvalue weighted by Gasteiger charge is -2.45. The molecule has 0 aromatic heterocycles. The molecule has 0 amide bonds. The topological polar surface area (TPSA) is 74.6 Å². The fourth-order valence-corrected chi connectivity index (χ4v) is 2.52. The molecule has 110 valence electrons. The molecular weight excluding hydrogens is 256 g/mol. The number of aliphatic hydroxyl groups is 1. The van der Waals surface area contributed by atoms with Crippen LogP contribution in [0.1, 0.15) is 41.0 Å². The number of Topliss-reactive ketones (excluding diaryl/α,β-unsaturated/α-hetero) is 1. The summed E-state index contributed by atoms with van der Waals surface area (Å²) in [5.74, 6) is -0.982. The number of carbonyl (C=O) groups is 2. The molecule has 0 saturated heterocycles. The van der Waals surface area contributed by atoms with E-state index >= 15 is 0 Å². The molecule has 20 heavy (non-hydrogen) atoms. The summed E-state index contributed by atoms with van der Waals surface area (Å²) in [6.07, 6.45) is 4.51. The Balaban J connectivity index is 3.28. The second kappa shape index (κ2) is 5.37. The van der Waals surface area contributed by atoms with Gasteiger partial charge in [-0.3, -0.25) is 4.79 Å². The molecule has 1 unspecified atom stereocenters. The van der Waals surface area contributed by atoms with E-state index in [2.05, 4.69) is 0 Å². The van der Waals surface area contributed by atoms with Gasteiger partial charge in [-0.05, 0) is 43.6 Å². The lowest BCUT2D eigenvalue weighted by Crippen LogP contribution is -2.49. The zero-order valence-corrected chi connectivity index (χ0v) is 12.7. The van der Waals surface area contributed by atoms with Crippen LogP contribution in [0.25, 0.3) is 0 Å². The quantitative estimate of drug-likeness (QED) is 0.614. The molecule has 0 bridgehead atoms. The van der Waals surface area contributed by atoms with E-state index in [0.29, 0.717) is 16.7 Å². The second-order valence-electron chi connectivity index (χ2n) is 6.06. The smallest absolute Gasteiger partial charge is 0.328 e. The van der Waals surface area contributed by atoms with Crippen molar-refractivity contribution in [2.75, 3.05) is 0 Å². The van der Waals surface area contributed by atoms with Crippen LogP contribution in [0.5, 0.6) is 0 Å². The highest BCUT2D eigenvalue weighted by atomic mass is 16.4. The van der Waals surface area contributed by atoms with Crippen LogP contribution in [0, 0.1) is 5.41 Å². The molecular formula is C16H22O4. The lowest BCUT2D eigenvalue weighted by atomic mass is 9.62. The summed E-state index contributed by atoms with van der Waals surface area (Å²) in [7, 11) is 0. The maximum absolute atomic E-state index is 11.9. The number of aliphatic carboxylic acids is 1. The van der Waals surface area contributed by atoms with Gasteiger partial charge in [0.15, 0.2) is 5.78 Å². The van der Waals surface area contributed by atoms with E-state index in [-0.39, 0.29) is 12.2 Å². The van der Waals surface area contributed by atoms with Crippen LogP contribution in [0.3, 0.4) is 0 Å². The molecule has 1 rings (SSSR count). The Morgan fingerprint density at radius 3 is 2.35 bits per heavy atom. The minimum absolute atomic E-state index is 0.0448. The van der Waals surface area contributed by atoms with Crippen molar-refractivity contribution in [2.45, 2.75) is 46.6 Å². The van der Waals surface area contributed by atoms with Gasteiger partial charge in [0.05, 0.1) is 0 Å². The van der Waals surface area contributed by atoms with E-state index < -0.39 is 17.0 Å². The molecule has 1 aliphatic rings. The Kier molecular flexibility index (Phi) is 4.39. The summed E-state index contributed by atoms with van der Waals surface area (Å²) in [6.45, 7) is 8.78. The first-order valence-corrected chi connectivity index (χ1v) is 6.55. The van der Waals surface area contributed by atoms with Crippen LogP contribution >= 0.6 is 0 Å². The number of carbonyl (C=O) groups excluding carboxylic acids is 1. The van der Waals surface area contributed by atoms with Gasteiger partial charge < -0.3 is 10.2 Å². The molecule has 0 aliphatic heterocycles. The van der Waals surface area contributed by atoms with E-state index in [1.807, 2.05) is 13.8 Å².